The number of primary sulfonamides is 1. The highest BCUT2D eigenvalue weighted by Gasteiger charge is 2.17. The molecule has 1 saturated carbocycles. The number of nitrogens with one attached hydrogen (secondary N) is 1. The maximum Gasteiger partial charge on any atom is 0.238 e. The fourth-order valence-electron chi connectivity index (χ4n) is 3.17. The molecule has 1 aliphatic carbocycles. The first-order valence-corrected chi connectivity index (χ1v) is 9.83. The summed E-state index contributed by atoms with van der Waals surface area (Å²) in [5.74, 6) is 0.694. The Morgan fingerprint density at radius 2 is 2.00 bits per heavy atom. The van der Waals surface area contributed by atoms with Gasteiger partial charge in [0.05, 0.1) is 10.9 Å². The van der Waals surface area contributed by atoms with Crippen molar-refractivity contribution in [2.45, 2.75) is 62.8 Å². The quantitative estimate of drug-likeness (QED) is 0.836. The van der Waals surface area contributed by atoms with Gasteiger partial charge in [0, 0.05) is 6.42 Å². The van der Waals surface area contributed by atoms with Gasteiger partial charge in [0.1, 0.15) is 0 Å². The van der Waals surface area contributed by atoms with Crippen molar-refractivity contribution in [2.75, 3.05) is 0 Å². The van der Waals surface area contributed by atoms with Gasteiger partial charge in [-0.15, -0.1) is 0 Å². The van der Waals surface area contributed by atoms with Crippen LogP contribution in [0.15, 0.2) is 29.2 Å². The molecule has 1 atom stereocenters. The Morgan fingerprint density at radius 1 is 1.30 bits per heavy atom. The lowest BCUT2D eigenvalue weighted by Gasteiger charge is -2.21. The molecule has 128 valence electrons. The molecule has 3 N–H and O–H groups in total. The van der Waals surface area contributed by atoms with E-state index in [1.807, 2.05) is 6.92 Å². The average molecular weight is 338 g/mol. The third kappa shape index (κ3) is 5.62. The van der Waals surface area contributed by atoms with Gasteiger partial charge in [-0.25, -0.2) is 13.6 Å². The van der Waals surface area contributed by atoms with Gasteiger partial charge in [0.2, 0.25) is 15.9 Å². The molecule has 1 aliphatic rings. The molecule has 1 amide bonds. The van der Waals surface area contributed by atoms with Crippen LogP contribution in [0.4, 0.5) is 0 Å². The predicted octanol–water partition coefficient (Wildman–Crippen LogP) is 2.87. The number of benzene rings is 1. The van der Waals surface area contributed by atoms with E-state index in [2.05, 4.69) is 5.32 Å². The molecule has 0 aromatic heterocycles. The molecule has 5 nitrogen and oxygen atoms in total. The van der Waals surface area contributed by atoms with E-state index in [9.17, 15) is 13.2 Å². The first-order chi connectivity index (χ1) is 10.9. The minimum Gasteiger partial charge on any atom is -0.350 e. The summed E-state index contributed by atoms with van der Waals surface area (Å²) in [4.78, 5) is 12.2. The summed E-state index contributed by atoms with van der Waals surface area (Å²) in [5, 5.41) is 8.08. The number of hydrogen-bond acceptors (Lipinski definition) is 3. The second-order valence-electron chi connectivity index (χ2n) is 6.45. The Balaban J connectivity index is 1.88. The van der Waals surface area contributed by atoms with Crippen LogP contribution >= 0.6 is 0 Å². The van der Waals surface area contributed by atoms with Crippen molar-refractivity contribution in [2.24, 2.45) is 11.1 Å². The topological polar surface area (TPSA) is 89.3 Å². The van der Waals surface area contributed by atoms with Crippen LogP contribution in [0, 0.1) is 5.92 Å². The second kappa shape index (κ2) is 7.93. The van der Waals surface area contributed by atoms with Crippen molar-refractivity contribution in [3.05, 3.63) is 29.8 Å². The Labute approximate surface area is 138 Å². The first kappa shape index (κ1) is 17.9. The third-order valence-corrected chi connectivity index (χ3v) is 5.48. The van der Waals surface area contributed by atoms with Crippen LogP contribution in [-0.4, -0.2) is 14.3 Å². The summed E-state index contributed by atoms with van der Waals surface area (Å²) >= 11 is 0. The van der Waals surface area contributed by atoms with Crippen molar-refractivity contribution < 1.29 is 13.2 Å². The van der Waals surface area contributed by atoms with Crippen molar-refractivity contribution in [3.8, 4) is 0 Å². The van der Waals surface area contributed by atoms with Gasteiger partial charge in [0.25, 0.3) is 0 Å². The van der Waals surface area contributed by atoms with E-state index < -0.39 is 10.0 Å². The van der Waals surface area contributed by atoms with Crippen LogP contribution in [0.1, 0.15) is 63.5 Å². The Kier molecular flexibility index (Phi) is 6.18. The van der Waals surface area contributed by atoms with Crippen LogP contribution in [0.2, 0.25) is 0 Å². The molecule has 1 fully saturated rings. The Bertz CT molecular complexity index is 637. The zero-order valence-electron chi connectivity index (χ0n) is 13.6. The van der Waals surface area contributed by atoms with Crippen molar-refractivity contribution in [3.63, 3.8) is 0 Å². The smallest absolute Gasteiger partial charge is 0.238 e. The van der Waals surface area contributed by atoms with E-state index in [1.54, 1.807) is 12.1 Å². The van der Waals surface area contributed by atoms with Crippen molar-refractivity contribution >= 4 is 15.9 Å². The number of carbonyl (C=O) groups excluding carboxylic acids is 1. The Hall–Kier alpha value is -1.40. The fraction of sp³-hybridized carbons (Fsp3) is 0.588. The van der Waals surface area contributed by atoms with Crippen LogP contribution in [0.5, 0.6) is 0 Å². The number of carbonyl (C=O) groups is 1. The fourth-order valence-corrected chi connectivity index (χ4v) is 3.74. The largest absolute Gasteiger partial charge is 0.350 e. The lowest BCUT2D eigenvalue weighted by molar-refractivity contribution is -0.122. The lowest BCUT2D eigenvalue weighted by atomic mass is 9.86. The molecule has 1 aromatic rings. The predicted molar refractivity (Wildman–Crippen MR) is 90.2 cm³/mol. The Morgan fingerprint density at radius 3 is 2.65 bits per heavy atom. The van der Waals surface area contributed by atoms with E-state index in [-0.39, 0.29) is 16.8 Å². The van der Waals surface area contributed by atoms with Crippen LogP contribution in [0.25, 0.3) is 0 Å². The second-order valence-corrected chi connectivity index (χ2v) is 8.01. The zero-order chi connectivity index (χ0) is 16.9. The minimum absolute atomic E-state index is 0.0177. The molecule has 0 bridgehead atoms. The SMILES string of the molecule is CC(NC(=O)CCC1CCCCC1)c1cccc(S(N)(=O)=O)c1. The van der Waals surface area contributed by atoms with E-state index in [4.69, 9.17) is 5.14 Å². The monoisotopic (exact) mass is 338 g/mol. The van der Waals surface area contributed by atoms with Gasteiger partial charge in [-0.2, -0.15) is 0 Å². The number of hydrogen-bond donors (Lipinski definition) is 2. The molecule has 2 rings (SSSR count). The highest BCUT2D eigenvalue weighted by Crippen LogP contribution is 2.27. The third-order valence-electron chi connectivity index (χ3n) is 4.57. The maximum absolute atomic E-state index is 12.1. The van der Waals surface area contributed by atoms with Crippen molar-refractivity contribution in [1.82, 2.24) is 5.32 Å². The van der Waals surface area contributed by atoms with Crippen molar-refractivity contribution in [1.29, 1.82) is 0 Å². The molecule has 6 heteroatoms. The summed E-state index contributed by atoms with van der Waals surface area (Å²) in [5.41, 5.74) is 0.738. The summed E-state index contributed by atoms with van der Waals surface area (Å²) in [6.45, 7) is 1.85. The highest BCUT2D eigenvalue weighted by molar-refractivity contribution is 7.89. The van der Waals surface area contributed by atoms with E-state index >= 15 is 0 Å². The average Bonchev–Trinajstić information content (AvgIpc) is 2.53. The summed E-state index contributed by atoms with van der Waals surface area (Å²) in [7, 11) is -3.72. The lowest BCUT2D eigenvalue weighted by Crippen LogP contribution is -2.27. The van der Waals surface area contributed by atoms with E-state index in [1.165, 1.54) is 44.2 Å². The number of amides is 1. The highest BCUT2D eigenvalue weighted by atomic mass is 32.2. The normalized spacial score (nSPS) is 17.7. The minimum atomic E-state index is -3.72. The summed E-state index contributed by atoms with van der Waals surface area (Å²) in [6, 6.07) is 6.16. The van der Waals surface area contributed by atoms with Gasteiger partial charge in [-0.05, 0) is 37.0 Å². The maximum atomic E-state index is 12.1. The first-order valence-electron chi connectivity index (χ1n) is 8.28. The van der Waals surface area contributed by atoms with Gasteiger partial charge in [-0.1, -0.05) is 44.2 Å². The van der Waals surface area contributed by atoms with E-state index in [0.29, 0.717) is 12.3 Å². The summed E-state index contributed by atoms with van der Waals surface area (Å²) in [6.07, 6.45) is 7.82. The molecule has 0 aliphatic heterocycles. The standard InChI is InChI=1S/C17H26N2O3S/c1-13(15-8-5-9-16(12-15)23(18,21)22)19-17(20)11-10-14-6-3-2-4-7-14/h5,8-9,12-14H,2-4,6-7,10-11H2,1H3,(H,19,20)(H2,18,21,22). The molecule has 1 aromatic carbocycles. The van der Waals surface area contributed by atoms with Gasteiger partial charge >= 0.3 is 0 Å². The zero-order valence-corrected chi connectivity index (χ0v) is 14.4. The van der Waals surface area contributed by atoms with E-state index in [0.717, 1.165) is 12.0 Å². The van der Waals surface area contributed by atoms with Crippen LogP contribution in [-0.2, 0) is 14.8 Å². The van der Waals surface area contributed by atoms with Crippen LogP contribution < -0.4 is 10.5 Å². The van der Waals surface area contributed by atoms with Gasteiger partial charge in [0.15, 0.2) is 0 Å². The number of nitrogens with two attached hydrogens (primary N) is 1. The molecule has 0 saturated heterocycles. The molecule has 0 heterocycles. The molecular formula is C17H26N2O3S. The molecule has 1 unspecified atom stereocenters. The molecule has 0 radical (unpaired) electrons. The van der Waals surface area contributed by atoms with Gasteiger partial charge < -0.3 is 5.32 Å². The summed E-state index contributed by atoms with van der Waals surface area (Å²) < 4.78 is 22.8. The number of sulfonamides is 1. The number of rotatable bonds is 6. The molecular weight excluding hydrogens is 312 g/mol. The molecule has 23 heavy (non-hydrogen) atoms. The molecule has 0 spiro atoms. The van der Waals surface area contributed by atoms with Crippen LogP contribution in [0.3, 0.4) is 0 Å². The van der Waals surface area contributed by atoms with Gasteiger partial charge in [-0.3, -0.25) is 4.79 Å².